The molecule has 0 aliphatic heterocycles. The molecule has 2 heteroatoms. The molecule has 0 aliphatic carbocycles. The molecule has 0 aliphatic rings. The van der Waals surface area contributed by atoms with Crippen molar-refractivity contribution in [2.45, 2.75) is 12.8 Å². The lowest BCUT2D eigenvalue weighted by Crippen LogP contribution is -1.98. The maximum absolute atomic E-state index is 9.75. The Hall–Kier alpha value is -0.630. The molecule has 0 unspecified atom stereocenters. The SMILES string of the molecule is C=C([C]=O)CCCN. The molecule has 0 amide bonds. The van der Waals surface area contributed by atoms with Crippen molar-refractivity contribution in [3.05, 3.63) is 12.2 Å². The Balaban J connectivity index is 3.11. The van der Waals surface area contributed by atoms with Crippen LogP contribution in [0.4, 0.5) is 0 Å². The van der Waals surface area contributed by atoms with Crippen LogP contribution in [-0.2, 0) is 4.79 Å². The third-order valence-corrected chi connectivity index (χ3v) is 0.827. The first-order chi connectivity index (χ1) is 3.81. The topological polar surface area (TPSA) is 43.1 Å². The van der Waals surface area contributed by atoms with Crippen LogP contribution in [0.1, 0.15) is 12.8 Å². The van der Waals surface area contributed by atoms with E-state index in [0.717, 1.165) is 6.42 Å². The zero-order valence-electron chi connectivity index (χ0n) is 4.81. The van der Waals surface area contributed by atoms with Gasteiger partial charge in [-0.05, 0) is 25.0 Å². The van der Waals surface area contributed by atoms with Crippen molar-refractivity contribution in [3.63, 3.8) is 0 Å². The first-order valence-corrected chi connectivity index (χ1v) is 2.57. The summed E-state index contributed by atoms with van der Waals surface area (Å²) in [7, 11) is 0. The Morgan fingerprint density at radius 2 is 2.38 bits per heavy atom. The van der Waals surface area contributed by atoms with Crippen molar-refractivity contribution >= 4 is 6.29 Å². The first kappa shape index (κ1) is 7.37. The predicted octanol–water partition coefficient (Wildman–Crippen LogP) is 0.391. The Kier molecular flexibility index (Phi) is 4.17. The molecular weight excluding hydrogens is 102 g/mol. The monoisotopic (exact) mass is 112 g/mol. The van der Waals surface area contributed by atoms with Gasteiger partial charge >= 0.3 is 0 Å². The molecule has 0 aromatic rings. The van der Waals surface area contributed by atoms with Crippen LogP contribution >= 0.6 is 0 Å². The van der Waals surface area contributed by atoms with Crippen LogP contribution in [-0.4, -0.2) is 12.8 Å². The molecule has 0 saturated carbocycles. The molecule has 0 rings (SSSR count). The van der Waals surface area contributed by atoms with Gasteiger partial charge in [-0.1, -0.05) is 6.58 Å². The average Bonchev–Trinajstić information content (AvgIpc) is 1.83. The van der Waals surface area contributed by atoms with Crippen molar-refractivity contribution in [2.24, 2.45) is 5.73 Å². The predicted molar refractivity (Wildman–Crippen MR) is 33.1 cm³/mol. The van der Waals surface area contributed by atoms with Gasteiger partial charge < -0.3 is 5.73 Å². The molecule has 0 bridgehead atoms. The van der Waals surface area contributed by atoms with Gasteiger partial charge in [-0.3, -0.25) is 4.79 Å². The van der Waals surface area contributed by atoms with E-state index in [1.807, 2.05) is 0 Å². The van der Waals surface area contributed by atoms with E-state index in [4.69, 9.17) is 5.73 Å². The van der Waals surface area contributed by atoms with Gasteiger partial charge in [0.15, 0.2) is 0 Å². The molecule has 0 aromatic heterocycles. The van der Waals surface area contributed by atoms with E-state index in [9.17, 15) is 4.79 Å². The van der Waals surface area contributed by atoms with Gasteiger partial charge in [0.2, 0.25) is 6.29 Å². The molecule has 1 radical (unpaired) electrons. The van der Waals surface area contributed by atoms with E-state index < -0.39 is 0 Å². The van der Waals surface area contributed by atoms with Crippen molar-refractivity contribution in [2.75, 3.05) is 6.54 Å². The molecular formula is C6H10NO. The minimum atomic E-state index is 0.510. The van der Waals surface area contributed by atoms with Crippen molar-refractivity contribution in [1.29, 1.82) is 0 Å². The van der Waals surface area contributed by atoms with E-state index >= 15 is 0 Å². The van der Waals surface area contributed by atoms with Gasteiger partial charge in [-0.25, -0.2) is 0 Å². The summed E-state index contributed by atoms with van der Waals surface area (Å²) in [4.78, 5) is 9.75. The third kappa shape index (κ3) is 3.56. The summed E-state index contributed by atoms with van der Waals surface area (Å²) in [5, 5.41) is 0. The molecule has 2 N–H and O–H groups in total. The number of allylic oxidation sites excluding steroid dienone is 1. The summed E-state index contributed by atoms with van der Waals surface area (Å²) in [6.45, 7) is 4.04. The summed E-state index contributed by atoms with van der Waals surface area (Å²) in [5.41, 5.74) is 5.67. The number of carbonyl (C=O) groups excluding carboxylic acids is 1. The molecule has 0 fully saturated rings. The second-order valence-electron chi connectivity index (χ2n) is 1.60. The van der Waals surface area contributed by atoms with Gasteiger partial charge in [0.05, 0.1) is 0 Å². The fourth-order valence-corrected chi connectivity index (χ4v) is 0.366. The molecule has 0 atom stereocenters. The lowest BCUT2D eigenvalue weighted by molar-refractivity contribution is 0.559. The summed E-state index contributed by atoms with van der Waals surface area (Å²) in [5.74, 6) is 0. The van der Waals surface area contributed by atoms with E-state index in [1.54, 1.807) is 6.29 Å². The lowest BCUT2D eigenvalue weighted by atomic mass is 10.2. The summed E-state index contributed by atoms with van der Waals surface area (Å²) in [6, 6.07) is 0. The summed E-state index contributed by atoms with van der Waals surface area (Å²) >= 11 is 0. The summed E-state index contributed by atoms with van der Waals surface area (Å²) in [6.07, 6.45) is 3.21. The number of hydrogen-bond donors (Lipinski definition) is 1. The molecule has 45 valence electrons. The standard InChI is InChI=1S/C6H10NO/c1-6(5-8)3-2-4-7/h1-4,7H2. The fraction of sp³-hybridized carbons (Fsp3) is 0.500. The zero-order valence-corrected chi connectivity index (χ0v) is 4.81. The van der Waals surface area contributed by atoms with Crippen molar-refractivity contribution in [1.82, 2.24) is 0 Å². The van der Waals surface area contributed by atoms with Crippen molar-refractivity contribution in [3.8, 4) is 0 Å². The molecule has 0 saturated heterocycles. The molecule has 8 heavy (non-hydrogen) atoms. The van der Waals surface area contributed by atoms with Crippen LogP contribution in [0.3, 0.4) is 0 Å². The van der Waals surface area contributed by atoms with Gasteiger partial charge in [0, 0.05) is 0 Å². The number of hydrogen-bond acceptors (Lipinski definition) is 2. The minimum absolute atomic E-state index is 0.510. The highest BCUT2D eigenvalue weighted by atomic mass is 16.1. The fourth-order valence-electron chi connectivity index (χ4n) is 0.366. The van der Waals surface area contributed by atoms with Crippen LogP contribution in [0.25, 0.3) is 0 Å². The van der Waals surface area contributed by atoms with Crippen LogP contribution in [0.5, 0.6) is 0 Å². The number of rotatable bonds is 4. The second kappa shape index (κ2) is 4.53. The van der Waals surface area contributed by atoms with Gasteiger partial charge in [-0.15, -0.1) is 0 Å². The molecule has 2 nitrogen and oxygen atoms in total. The first-order valence-electron chi connectivity index (χ1n) is 2.57. The van der Waals surface area contributed by atoms with Gasteiger partial charge in [-0.2, -0.15) is 0 Å². The van der Waals surface area contributed by atoms with Crippen LogP contribution in [0, 0.1) is 0 Å². The average molecular weight is 112 g/mol. The summed E-state index contributed by atoms with van der Waals surface area (Å²) < 4.78 is 0. The van der Waals surface area contributed by atoms with Gasteiger partial charge in [0.25, 0.3) is 0 Å². The molecule has 0 heterocycles. The van der Waals surface area contributed by atoms with Crippen molar-refractivity contribution < 1.29 is 4.79 Å². The van der Waals surface area contributed by atoms with E-state index in [0.29, 0.717) is 18.5 Å². The van der Waals surface area contributed by atoms with Gasteiger partial charge in [0.1, 0.15) is 0 Å². The van der Waals surface area contributed by atoms with Crippen LogP contribution in [0.15, 0.2) is 12.2 Å². The Morgan fingerprint density at radius 1 is 1.75 bits per heavy atom. The lowest BCUT2D eigenvalue weighted by Gasteiger charge is -1.90. The Labute approximate surface area is 49.4 Å². The highest BCUT2D eigenvalue weighted by Crippen LogP contribution is 1.95. The van der Waals surface area contributed by atoms with Crippen LogP contribution in [0.2, 0.25) is 0 Å². The third-order valence-electron chi connectivity index (χ3n) is 0.827. The highest BCUT2D eigenvalue weighted by Gasteiger charge is 1.88. The zero-order chi connectivity index (χ0) is 6.41. The Bertz CT molecular complexity index is 88.5. The smallest absolute Gasteiger partial charge is 0.228 e. The Morgan fingerprint density at radius 3 is 2.75 bits per heavy atom. The van der Waals surface area contributed by atoms with Crippen LogP contribution < -0.4 is 5.73 Å². The maximum atomic E-state index is 9.75. The second-order valence-corrected chi connectivity index (χ2v) is 1.60. The normalized spacial score (nSPS) is 8.62. The number of nitrogens with two attached hydrogens (primary N) is 1. The quantitative estimate of drug-likeness (QED) is 0.534. The van der Waals surface area contributed by atoms with E-state index in [1.165, 1.54) is 0 Å². The molecule has 0 aromatic carbocycles. The molecule has 0 spiro atoms. The maximum Gasteiger partial charge on any atom is 0.228 e. The highest BCUT2D eigenvalue weighted by molar-refractivity contribution is 5.72. The van der Waals surface area contributed by atoms with E-state index in [2.05, 4.69) is 6.58 Å². The minimum Gasteiger partial charge on any atom is -0.330 e. The largest absolute Gasteiger partial charge is 0.330 e. The van der Waals surface area contributed by atoms with E-state index in [-0.39, 0.29) is 0 Å².